The van der Waals surface area contributed by atoms with Gasteiger partial charge in [0.15, 0.2) is 17.9 Å². The molecule has 0 N–H and O–H groups in total. The molecule has 33 heavy (non-hydrogen) atoms. The van der Waals surface area contributed by atoms with Crippen LogP contribution >= 0.6 is 0 Å². The van der Waals surface area contributed by atoms with Gasteiger partial charge in [0.25, 0.3) is 0 Å². The lowest BCUT2D eigenvalue weighted by Gasteiger charge is -2.40. The summed E-state index contributed by atoms with van der Waals surface area (Å²) < 4.78 is 38.8. The summed E-state index contributed by atoms with van der Waals surface area (Å²) >= 11 is 0. The van der Waals surface area contributed by atoms with E-state index in [0.717, 1.165) is 55.8 Å². The number of benzene rings is 1. The van der Waals surface area contributed by atoms with Gasteiger partial charge in [0.2, 0.25) is 0 Å². The first-order valence-corrected chi connectivity index (χ1v) is 13.5. The van der Waals surface area contributed by atoms with Gasteiger partial charge in [0, 0.05) is 11.8 Å². The number of ether oxygens (including phenoxy) is 2. The molecule has 3 aliphatic rings. The molecule has 1 aromatic carbocycles. The maximum Gasteiger partial charge on any atom is 0.160 e. The molecular weight excluding hydrogens is 418 g/mol. The fourth-order valence-corrected chi connectivity index (χ4v) is 6.27. The lowest BCUT2D eigenvalue weighted by atomic mass is 9.68. The Balaban J connectivity index is 1.12. The van der Waals surface area contributed by atoms with Crippen LogP contribution in [0.2, 0.25) is 0 Å². The zero-order valence-corrected chi connectivity index (χ0v) is 20.3. The van der Waals surface area contributed by atoms with Crippen molar-refractivity contribution in [1.82, 2.24) is 0 Å². The van der Waals surface area contributed by atoms with Gasteiger partial charge in [-0.15, -0.1) is 0 Å². The highest BCUT2D eigenvalue weighted by molar-refractivity contribution is 5.17. The van der Waals surface area contributed by atoms with Gasteiger partial charge in [-0.1, -0.05) is 44.4 Å². The van der Waals surface area contributed by atoms with Gasteiger partial charge in [-0.2, -0.15) is 0 Å². The molecule has 1 saturated heterocycles. The van der Waals surface area contributed by atoms with Crippen LogP contribution in [0.5, 0.6) is 0 Å². The normalized spacial score (nSPS) is 33.4. The number of rotatable bonds is 8. The zero-order chi connectivity index (χ0) is 23.0. The molecule has 1 aliphatic heterocycles. The van der Waals surface area contributed by atoms with E-state index in [4.69, 9.17) is 9.47 Å². The monoisotopic (exact) mass is 460 g/mol. The Hall–Kier alpha value is -1.26. The second kappa shape index (κ2) is 12.4. The molecule has 0 radical (unpaired) electrons. The molecule has 1 heterocycles. The molecule has 2 aliphatic carbocycles. The quantitative estimate of drug-likeness (QED) is 0.368. The standard InChI is InChI=1S/C29H42F2O2/c1-2-3-4-5-23-19-32-29(33-20-23)26-15-13-25(14-16-26)24-11-8-21(9-12-24)6-7-22-10-17-27(30)28(31)18-22/h4-5,10,17-18,21,23-26,29H,2-3,6-9,11-16,19-20H2,1H3/b5-4+. The molecule has 2 nitrogen and oxygen atoms in total. The first kappa shape index (κ1) is 24.9. The van der Waals surface area contributed by atoms with Crippen LogP contribution in [0, 0.1) is 41.2 Å². The molecular formula is C29H42F2O2. The van der Waals surface area contributed by atoms with Crippen molar-refractivity contribution >= 4 is 0 Å². The lowest BCUT2D eigenvalue weighted by molar-refractivity contribution is -0.223. The molecule has 0 spiro atoms. The molecule has 184 valence electrons. The number of halogens is 2. The van der Waals surface area contributed by atoms with Crippen molar-refractivity contribution in [1.29, 1.82) is 0 Å². The predicted octanol–water partition coefficient (Wildman–Crippen LogP) is 7.86. The largest absolute Gasteiger partial charge is 0.352 e. The van der Waals surface area contributed by atoms with Gasteiger partial charge < -0.3 is 9.47 Å². The zero-order valence-electron chi connectivity index (χ0n) is 20.3. The Morgan fingerprint density at radius 2 is 1.48 bits per heavy atom. The third-order valence-electron chi connectivity index (χ3n) is 8.40. The Kier molecular flexibility index (Phi) is 9.37. The summed E-state index contributed by atoms with van der Waals surface area (Å²) in [5.41, 5.74) is 0.921. The highest BCUT2D eigenvalue weighted by atomic mass is 19.2. The molecule has 3 fully saturated rings. The molecule has 4 rings (SSSR count). The number of allylic oxidation sites excluding steroid dienone is 1. The molecule has 2 saturated carbocycles. The lowest BCUT2D eigenvalue weighted by Crippen LogP contribution is -2.38. The van der Waals surface area contributed by atoms with Crippen molar-refractivity contribution in [3.05, 3.63) is 47.5 Å². The van der Waals surface area contributed by atoms with Crippen LogP contribution in [-0.2, 0) is 15.9 Å². The topological polar surface area (TPSA) is 18.5 Å². The average Bonchev–Trinajstić information content (AvgIpc) is 2.86. The summed E-state index contributed by atoms with van der Waals surface area (Å²) in [5.74, 6) is 1.97. The minimum Gasteiger partial charge on any atom is -0.352 e. The summed E-state index contributed by atoms with van der Waals surface area (Å²) in [6.45, 7) is 3.81. The van der Waals surface area contributed by atoms with Crippen LogP contribution in [0.3, 0.4) is 0 Å². The van der Waals surface area contributed by atoms with E-state index < -0.39 is 11.6 Å². The summed E-state index contributed by atoms with van der Waals surface area (Å²) in [6, 6.07) is 4.35. The van der Waals surface area contributed by atoms with Crippen molar-refractivity contribution in [2.24, 2.45) is 29.6 Å². The van der Waals surface area contributed by atoms with Gasteiger partial charge in [-0.3, -0.25) is 0 Å². The molecule has 0 bridgehead atoms. The van der Waals surface area contributed by atoms with E-state index in [0.29, 0.717) is 11.8 Å². The van der Waals surface area contributed by atoms with E-state index in [1.807, 2.05) is 0 Å². The third kappa shape index (κ3) is 7.11. The molecule has 0 aromatic heterocycles. The maximum atomic E-state index is 13.4. The SMILES string of the molecule is CCC/C=C/C1COC(C2CCC(C3CCC(CCc4ccc(F)c(F)c4)CC3)CC2)OC1. The van der Waals surface area contributed by atoms with Crippen molar-refractivity contribution in [2.45, 2.75) is 90.3 Å². The van der Waals surface area contributed by atoms with E-state index in [9.17, 15) is 8.78 Å². The molecule has 4 heteroatoms. The number of hydrogen-bond acceptors (Lipinski definition) is 2. The molecule has 0 atom stereocenters. The fraction of sp³-hybridized carbons (Fsp3) is 0.724. The molecule has 0 unspecified atom stereocenters. The van der Waals surface area contributed by atoms with Gasteiger partial charge in [0.1, 0.15) is 0 Å². The first-order chi connectivity index (χ1) is 16.1. The second-order valence-corrected chi connectivity index (χ2v) is 10.8. The van der Waals surface area contributed by atoms with Crippen LogP contribution in [0.4, 0.5) is 8.78 Å². The van der Waals surface area contributed by atoms with Crippen molar-refractivity contribution < 1.29 is 18.3 Å². The Labute approximate surface area is 199 Å². The van der Waals surface area contributed by atoms with E-state index in [1.54, 1.807) is 6.07 Å². The van der Waals surface area contributed by atoms with Crippen LogP contribution in [0.25, 0.3) is 0 Å². The number of unbranched alkanes of at least 4 members (excludes halogenated alkanes) is 1. The van der Waals surface area contributed by atoms with Crippen molar-refractivity contribution in [2.75, 3.05) is 13.2 Å². The predicted molar refractivity (Wildman–Crippen MR) is 129 cm³/mol. The molecule has 0 amide bonds. The van der Waals surface area contributed by atoms with E-state index >= 15 is 0 Å². The van der Waals surface area contributed by atoms with Crippen LogP contribution in [-0.4, -0.2) is 19.5 Å². The van der Waals surface area contributed by atoms with Crippen LogP contribution < -0.4 is 0 Å². The minimum atomic E-state index is -0.751. The summed E-state index contributed by atoms with van der Waals surface area (Å²) in [5, 5.41) is 0. The van der Waals surface area contributed by atoms with Gasteiger partial charge >= 0.3 is 0 Å². The van der Waals surface area contributed by atoms with E-state index in [1.165, 1.54) is 69.9 Å². The summed E-state index contributed by atoms with van der Waals surface area (Å²) in [7, 11) is 0. The number of hydrogen-bond donors (Lipinski definition) is 0. The Bertz CT molecular complexity index is 740. The van der Waals surface area contributed by atoms with Gasteiger partial charge in [0.05, 0.1) is 13.2 Å². The van der Waals surface area contributed by atoms with E-state index in [2.05, 4.69) is 19.1 Å². The van der Waals surface area contributed by atoms with Crippen molar-refractivity contribution in [3.63, 3.8) is 0 Å². The number of aryl methyl sites for hydroxylation is 1. The maximum absolute atomic E-state index is 13.4. The fourth-order valence-electron chi connectivity index (χ4n) is 6.27. The summed E-state index contributed by atoms with van der Waals surface area (Å²) in [4.78, 5) is 0. The summed E-state index contributed by atoms with van der Waals surface area (Å²) in [6.07, 6.45) is 19.2. The van der Waals surface area contributed by atoms with E-state index in [-0.39, 0.29) is 6.29 Å². The minimum absolute atomic E-state index is 0.00816. The highest BCUT2D eigenvalue weighted by Gasteiger charge is 2.35. The van der Waals surface area contributed by atoms with Gasteiger partial charge in [-0.05, 0) is 93.2 Å². The average molecular weight is 461 g/mol. The first-order valence-electron chi connectivity index (χ1n) is 13.5. The second-order valence-electron chi connectivity index (χ2n) is 10.8. The Morgan fingerprint density at radius 1 is 0.848 bits per heavy atom. The smallest absolute Gasteiger partial charge is 0.160 e. The molecule has 1 aromatic rings. The Morgan fingerprint density at radius 3 is 2.12 bits per heavy atom. The van der Waals surface area contributed by atoms with Crippen LogP contribution in [0.1, 0.15) is 83.1 Å². The highest BCUT2D eigenvalue weighted by Crippen LogP contribution is 2.43. The van der Waals surface area contributed by atoms with Gasteiger partial charge in [-0.25, -0.2) is 8.78 Å². The third-order valence-corrected chi connectivity index (χ3v) is 8.40. The van der Waals surface area contributed by atoms with Crippen molar-refractivity contribution in [3.8, 4) is 0 Å². The van der Waals surface area contributed by atoms with Crippen LogP contribution in [0.15, 0.2) is 30.4 Å².